The number of benzene rings is 3. The maximum Gasteiger partial charge on any atom is 0.342 e. The zero-order chi connectivity index (χ0) is 34.3. The first-order chi connectivity index (χ1) is 22.3. The van der Waals surface area contributed by atoms with Gasteiger partial charge in [0.2, 0.25) is 11.6 Å². The molecule has 14 nitrogen and oxygen atoms in total. The van der Waals surface area contributed by atoms with E-state index in [-0.39, 0.29) is 74.1 Å². The van der Waals surface area contributed by atoms with Gasteiger partial charge in [-0.3, -0.25) is 19.2 Å². The van der Waals surface area contributed by atoms with Gasteiger partial charge in [0.15, 0.2) is 0 Å². The van der Waals surface area contributed by atoms with E-state index in [4.69, 9.17) is 18.9 Å². The topological polar surface area (TPSA) is 212 Å². The lowest BCUT2D eigenvalue weighted by molar-refractivity contribution is -0.143. The van der Waals surface area contributed by atoms with E-state index >= 15 is 0 Å². The van der Waals surface area contributed by atoms with Crippen LogP contribution < -0.4 is 9.47 Å². The summed E-state index contributed by atoms with van der Waals surface area (Å²) in [7, 11) is 4.90. The van der Waals surface area contributed by atoms with Crippen molar-refractivity contribution in [3.8, 4) is 39.9 Å². The quantitative estimate of drug-likeness (QED) is 0.149. The Balaban J connectivity index is 1.82. The smallest absolute Gasteiger partial charge is 0.342 e. The first kappa shape index (κ1) is 32.8. The molecular formula is C33H30O14. The van der Waals surface area contributed by atoms with Gasteiger partial charge >= 0.3 is 17.9 Å². The highest BCUT2D eigenvalue weighted by Crippen LogP contribution is 2.53. The fourth-order valence-corrected chi connectivity index (χ4v) is 5.99. The minimum atomic E-state index is -1.39. The van der Waals surface area contributed by atoms with Gasteiger partial charge in [0.05, 0.1) is 58.3 Å². The molecule has 14 heteroatoms. The number of fused-ring (bicyclic) bond motifs is 3. The lowest BCUT2D eigenvalue weighted by Gasteiger charge is -2.27. The Morgan fingerprint density at radius 1 is 0.851 bits per heavy atom. The highest BCUT2D eigenvalue weighted by atomic mass is 16.6. The summed E-state index contributed by atoms with van der Waals surface area (Å²) in [5.41, 5.74) is -0.333. The summed E-state index contributed by atoms with van der Waals surface area (Å²) in [5, 5.41) is 43.7. The van der Waals surface area contributed by atoms with Crippen molar-refractivity contribution in [1.29, 1.82) is 0 Å². The second-order valence-corrected chi connectivity index (χ2v) is 10.9. The molecule has 47 heavy (non-hydrogen) atoms. The Hall–Kier alpha value is -5.63. The van der Waals surface area contributed by atoms with Gasteiger partial charge in [-0.2, -0.15) is 0 Å². The molecule has 1 aliphatic heterocycles. The molecule has 4 N–H and O–H groups in total. The van der Waals surface area contributed by atoms with E-state index in [1.807, 2.05) is 0 Å². The average Bonchev–Trinajstić information content (AvgIpc) is 3.02. The third kappa shape index (κ3) is 5.67. The Morgan fingerprint density at radius 3 is 2.13 bits per heavy atom. The van der Waals surface area contributed by atoms with Crippen LogP contribution in [0.4, 0.5) is 0 Å². The summed E-state index contributed by atoms with van der Waals surface area (Å²) in [6, 6.07) is 3.77. The van der Waals surface area contributed by atoms with Crippen LogP contribution in [0, 0.1) is 0 Å². The molecule has 0 aromatic heterocycles. The fraction of sp³-hybridized carbons (Fsp3) is 0.303. The summed E-state index contributed by atoms with van der Waals surface area (Å²) >= 11 is 0. The summed E-state index contributed by atoms with van der Waals surface area (Å²) in [5.74, 6) is -6.11. The third-order valence-electron chi connectivity index (χ3n) is 8.10. The SMILES string of the molecule is COC(=O)CC(O)CC1=Cc2c(c(O)cc(OC)c2-c2c(OC)cc(O)c3c(O)c4c(cc23)CC(CC(=O)OC)OC4=O)C(=O)C1=O. The van der Waals surface area contributed by atoms with Crippen LogP contribution in [0.25, 0.3) is 28.0 Å². The lowest BCUT2D eigenvalue weighted by Crippen LogP contribution is -2.30. The van der Waals surface area contributed by atoms with Gasteiger partial charge in [-0.15, -0.1) is 0 Å². The normalized spacial score (nSPS) is 16.1. The molecule has 5 rings (SSSR count). The molecule has 3 aromatic rings. The monoisotopic (exact) mass is 650 g/mol. The molecule has 2 aliphatic rings. The fourth-order valence-electron chi connectivity index (χ4n) is 5.99. The number of Topliss-reactive ketones (excluding diaryl/α,β-unsaturated/α-hetero) is 2. The zero-order valence-electron chi connectivity index (χ0n) is 25.7. The van der Waals surface area contributed by atoms with Crippen molar-refractivity contribution in [2.24, 2.45) is 0 Å². The molecule has 0 saturated heterocycles. The molecule has 0 fully saturated rings. The van der Waals surface area contributed by atoms with Crippen molar-refractivity contribution < 1.29 is 68.1 Å². The second kappa shape index (κ2) is 12.6. The molecule has 2 atom stereocenters. The first-order valence-electron chi connectivity index (χ1n) is 14.2. The van der Waals surface area contributed by atoms with Crippen LogP contribution in [0.1, 0.15) is 51.1 Å². The molecule has 0 saturated carbocycles. The molecule has 0 radical (unpaired) electrons. The summed E-state index contributed by atoms with van der Waals surface area (Å²) < 4.78 is 25.8. The number of esters is 3. The molecule has 1 heterocycles. The van der Waals surface area contributed by atoms with Gasteiger partial charge in [-0.25, -0.2) is 4.79 Å². The van der Waals surface area contributed by atoms with Gasteiger partial charge in [0.25, 0.3) is 0 Å². The van der Waals surface area contributed by atoms with Gasteiger partial charge in [0, 0.05) is 52.6 Å². The van der Waals surface area contributed by atoms with Crippen molar-refractivity contribution in [2.45, 2.75) is 37.9 Å². The zero-order valence-corrected chi connectivity index (χ0v) is 25.7. The summed E-state index contributed by atoms with van der Waals surface area (Å²) in [4.78, 5) is 63.2. The number of aromatic hydroxyl groups is 3. The molecule has 2 unspecified atom stereocenters. The predicted octanol–water partition coefficient (Wildman–Crippen LogP) is 2.75. The van der Waals surface area contributed by atoms with Crippen LogP contribution in [0.3, 0.4) is 0 Å². The number of aliphatic hydroxyl groups excluding tert-OH is 1. The van der Waals surface area contributed by atoms with Crippen molar-refractivity contribution in [1.82, 2.24) is 0 Å². The molecule has 246 valence electrons. The molecule has 3 aromatic carbocycles. The number of carbonyl (C=O) groups excluding carboxylic acids is 5. The van der Waals surface area contributed by atoms with Crippen molar-refractivity contribution in [3.63, 3.8) is 0 Å². The largest absolute Gasteiger partial charge is 0.507 e. The Morgan fingerprint density at radius 2 is 1.49 bits per heavy atom. The van der Waals surface area contributed by atoms with Crippen LogP contribution in [0.5, 0.6) is 28.7 Å². The highest BCUT2D eigenvalue weighted by Gasteiger charge is 2.37. The molecule has 1 aliphatic carbocycles. The second-order valence-electron chi connectivity index (χ2n) is 10.9. The average molecular weight is 651 g/mol. The standard InChI is InChI=1S/C33H30O14/c1-43-21-11-19(35)26-17(7-13-6-16(10-24(38)46-4)47-33(42)25(13)31(26)40)28(21)29-18-8-14(5-15(34)9-23(37)45-3)30(39)32(41)27(18)20(36)12-22(29)44-2/h7-8,11-12,15-16,34-36,40H,5-6,9-10H2,1-4H3. The molecule has 0 bridgehead atoms. The number of carbonyl (C=O) groups is 5. The van der Waals surface area contributed by atoms with Crippen molar-refractivity contribution in [3.05, 3.63) is 46.0 Å². The first-order valence-corrected chi connectivity index (χ1v) is 14.2. The minimum absolute atomic E-state index is 0.00932. The van der Waals surface area contributed by atoms with Gasteiger partial charge in [-0.05, 0) is 17.7 Å². The predicted molar refractivity (Wildman–Crippen MR) is 162 cm³/mol. The van der Waals surface area contributed by atoms with Crippen LogP contribution in [-0.2, 0) is 35.0 Å². The summed E-state index contributed by atoms with van der Waals surface area (Å²) in [6.07, 6.45) is -2.19. The lowest BCUT2D eigenvalue weighted by atomic mass is 9.80. The Labute approximate surface area is 266 Å². The highest BCUT2D eigenvalue weighted by molar-refractivity contribution is 6.52. The minimum Gasteiger partial charge on any atom is -0.507 e. The maximum atomic E-state index is 13.4. The summed E-state index contributed by atoms with van der Waals surface area (Å²) in [6.45, 7) is 0. The number of ketones is 2. The Bertz CT molecular complexity index is 1900. The third-order valence-corrected chi connectivity index (χ3v) is 8.10. The number of phenolic OH excluding ortho intramolecular Hbond substituents is 3. The molecule has 0 spiro atoms. The number of hydrogen-bond donors (Lipinski definition) is 4. The van der Waals surface area contributed by atoms with Gasteiger partial charge in [0.1, 0.15) is 40.4 Å². The molecular weight excluding hydrogens is 620 g/mol. The van der Waals surface area contributed by atoms with E-state index in [0.717, 1.165) is 19.2 Å². The van der Waals surface area contributed by atoms with Crippen molar-refractivity contribution >= 4 is 46.3 Å². The maximum absolute atomic E-state index is 13.4. The van der Waals surface area contributed by atoms with E-state index in [1.54, 1.807) is 0 Å². The number of cyclic esters (lactones) is 1. The number of hydrogen-bond acceptors (Lipinski definition) is 14. The van der Waals surface area contributed by atoms with Gasteiger partial charge in [-0.1, -0.05) is 0 Å². The van der Waals surface area contributed by atoms with Gasteiger partial charge < -0.3 is 44.1 Å². The van der Waals surface area contributed by atoms with Crippen LogP contribution >= 0.6 is 0 Å². The van der Waals surface area contributed by atoms with Crippen LogP contribution in [-0.4, -0.2) is 90.5 Å². The Kier molecular flexibility index (Phi) is 8.81. The van der Waals surface area contributed by atoms with Crippen LogP contribution in [0.2, 0.25) is 0 Å². The number of methoxy groups -OCH3 is 4. The van der Waals surface area contributed by atoms with E-state index in [2.05, 4.69) is 4.74 Å². The van der Waals surface area contributed by atoms with Crippen molar-refractivity contribution in [2.75, 3.05) is 28.4 Å². The number of rotatable bonds is 9. The van der Waals surface area contributed by atoms with Crippen LogP contribution in [0.15, 0.2) is 23.8 Å². The molecule has 0 amide bonds. The van der Waals surface area contributed by atoms with E-state index in [1.165, 1.54) is 33.5 Å². The number of phenols is 3. The van der Waals surface area contributed by atoms with E-state index in [9.17, 15) is 44.4 Å². The van der Waals surface area contributed by atoms with E-state index < -0.39 is 71.8 Å². The van der Waals surface area contributed by atoms with E-state index in [0.29, 0.717) is 0 Å². The number of ether oxygens (including phenoxy) is 5. The number of aliphatic hydroxyl groups is 1.